The predicted octanol–water partition coefficient (Wildman–Crippen LogP) is 3.21. The number of hydrogen-bond acceptors (Lipinski definition) is 6. The summed E-state index contributed by atoms with van der Waals surface area (Å²) in [6.07, 6.45) is 9.24. The summed E-state index contributed by atoms with van der Waals surface area (Å²) in [4.78, 5) is 22.8. The Morgan fingerprint density at radius 2 is 2.04 bits per heavy atom. The van der Waals surface area contributed by atoms with Crippen molar-refractivity contribution in [3.63, 3.8) is 0 Å². The third kappa shape index (κ3) is 4.02. The fourth-order valence-corrected chi connectivity index (χ4v) is 3.42. The molecule has 0 saturated carbocycles. The highest BCUT2D eigenvalue weighted by molar-refractivity contribution is 5.76. The summed E-state index contributed by atoms with van der Waals surface area (Å²) < 4.78 is 5.82. The number of likely N-dealkylation sites (tertiary alicyclic amines) is 1. The number of aromatic nitrogens is 4. The number of hydrogen-bond donors (Lipinski definition) is 0. The summed E-state index contributed by atoms with van der Waals surface area (Å²) in [6.45, 7) is 0.736. The number of amides is 1. The molecular weight excluding hydrogens is 342 g/mol. The van der Waals surface area contributed by atoms with Crippen LogP contribution in [0.25, 0.3) is 11.6 Å². The highest BCUT2D eigenvalue weighted by Gasteiger charge is 2.33. The number of carbonyl (C=O) groups excluding carboxylic acids is 1. The third-order valence-corrected chi connectivity index (χ3v) is 4.79. The van der Waals surface area contributed by atoms with Crippen molar-refractivity contribution in [1.29, 1.82) is 0 Å². The van der Waals surface area contributed by atoms with Crippen LogP contribution in [0.5, 0.6) is 0 Å². The highest BCUT2D eigenvalue weighted by Crippen LogP contribution is 2.33. The van der Waals surface area contributed by atoms with E-state index in [4.69, 9.17) is 4.42 Å². The average Bonchev–Trinajstić information content (AvgIpc) is 3.39. The molecule has 0 N–H and O–H groups in total. The van der Waals surface area contributed by atoms with Gasteiger partial charge in [-0.2, -0.15) is 0 Å². The van der Waals surface area contributed by atoms with Gasteiger partial charge in [0.25, 0.3) is 5.89 Å². The van der Waals surface area contributed by atoms with Crippen LogP contribution in [0.15, 0.2) is 53.3 Å². The van der Waals surface area contributed by atoms with Gasteiger partial charge >= 0.3 is 0 Å². The Labute approximate surface area is 157 Å². The molecule has 0 bridgehead atoms. The standard InChI is InChI=1S/C20H21N5O2/c26-18(8-3-5-15-9-12-21-13-10-15)25-14-4-7-17(25)20-24-23-19(27-20)16-6-1-2-11-22-16/h1-2,6,9-13,17H,3-5,7-8,14H2. The van der Waals surface area contributed by atoms with Crippen LogP contribution in [0.1, 0.15) is 43.2 Å². The molecule has 0 radical (unpaired) electrons. The van der Waals surface area contributed by atoms with E-state index in [0.717, 1.165) is 32.2 Å². The fourth-order valence-electron chi connectivity index (χ4n) is 3.42. The van der Waals surface area contributed by atoms with Crippen molar-refractivity contribution >= 4 is 5.91 Å². The van der Waals surface area contributed by atoms with Crippen molar-refractivity contribution in [2.75, 3.05) is 6.54 Å². The number of aryl methyl sites for hydroxylation is 1. The van der Waals surface area contributed by atoms with Crippen LogP contribution in [0.4, 0.5) is 0 Å². The van der Waals surface area contributed by atoms with Gasteiger partial charge in [-0.05, 0) is 55.5 Å². The van der Waals surface area contributed by atoms with Crippen molar-refractivity contribution in [3.05, 3.63) is 60.4 Å². The first-order valence-electron chi connectivity index (χ1n) is 9.24. The third-order valence-electron chi connectivity index (χ3n) is 4.79. The first kappa shape index (κ1) is 17.3. The smallest absolute Gasteiger partial charge is 0.266 e. The maximum atomic E-state index is 12.7. The lowest BCUT2D eigenvalue weighted by molar-refractivity contribution is -0.132. The maximum Gasteiger partial charge on any atom is 0.266 e. The molecule has 4 heterocycles. The second-order valence-corrected chi connectivity index (χ2v) is 6.61. The summed E-state index contributed by atoms with van der Waals surface area (Å²) in [6, 6.07) is 9.38. The molecule has 0 aromatic carbocycles. The normalized spacial score (nSPS) is 16.6. The largest absolute Gasteiger partial charge is 0.417 e. The minimum Gasteiger partial charge on any atom is -0.417 e. The van der Waals surface area contributed by atoms with Gasteiger partial charge in [-0.15, -0.1) is 10.2 Å². The van der Waals surface area contributed by atoms with Gasteiger partial charge < -0.3 is 9.32 Å². The molecular formula is C20H21N5O2. The van der Waals surface area contributed by atoms with E-state index in [0.29, 0.717) is 23.9 Å². The van der Waals surface area contributed by atoms with Crippen molar-refractivity contribution in [1.82, 2.24) is 25.1 Å². The monoisotopic (exact) mass is 363 g/mol. The first-order valence-corrected chi connectivity index (χ1v) is 9.24. The first-order chi connectivity index (χ1) is 13.3. The van der Waals surface area contributed by atoms with E-state index in [-0.39, 0.29) is 11.9 Å². The van der Waals surface area contributed by atoms with Crippen LogP contribution >= 0.6 is 0 Å². The second-order valence-electron chi connectivity index (χ2n) is 6.61. The quantitative estimate of drug-likeness (QED) is 0.668. The van der Waals surface area contributed by atoms with Gasteiger partial charge in [0.15, 0.2) is 0 Å². The van der Waals surface area contributed by atoms with Crippen molar-refractivity contribution in [2.45, 2.75) is 38.1 Å². The molecule has 3 aromatic heterocycles. The van der Waals surface area contributed by atoms with E-state index < -0.39 is 0 Å². The zero-order valence-corrected chi connectivity index (χ0v) is 15.0. The molecule has 7 heteroatoms. The van der Waals surface area contributed by atoms with Crippen LogP contribution in [0.3, 0.4) is 0 Å². The van der Waals surface area contributed by atoms with Gasteiger partial charge in [0, 0.05) is 31.6 Å². The van der Waals surface area contributed by atoms with E-state index in [1.54, 1.807) is 18.6 Å². The summed E-state index contributed by atoms with van der Waals surface area (Å²) >= 11 is 0. The molecule has 0 aliphatic carbocycles. The van der Waals surface area contributed by atoms with Crippen molar-refractivity contribution in [3.8, 4) is 11.6 Å². The van der Waals surface area contributed by atoms with E-state index in [9.17, 15) is 4.79 Å². The Morgan fingerprint density at radius 1 is 1.15 bits per heavy atom. The SMILES string of the molecule is O=C(CCCc1ccncc1)N1CCCC1c1nnc(-c2ccccn2)o1. The maximum absolute atomic E-state index is 12.7. The molecule has 1 aliphatic rings. The molecule has 0 spiro atoms. The Kier molecular flexibility index (Phi) is 5.18. The molecule has 1 fully saturated rings. The van der Waals surface area contributed by atoms with Crippen LogP contribution < -0.4 is 0 Å². The summed E-state index contributed by atoms with van der Waals surface area (Å²) in [5, 5.41) is 8.28. The van der Waals surface area contributed by atoms with Crippen molar-refractivity contribution < 1.29 is 9.21 Å². The minimum absolute atomic E-state index is 0.136. The molecule has 1 aliphatic heterocycles. The lowest BCUT2D eigenvalue weighted by Gasteiger charge is -2.22. The summed E-state index contributed by atoms with van der Waals surface area (Å²) in [5.74, 6) is 1.03. The Balaban J connectivity index is 1.38. The topological polar surface area (TPSA) is 85.0 Å². The lowest BCUT2D eigenvalue weighted by atomic mass is 10.1. The van der Waals surface area contributed by atoms with Gasteiger partial charge in [0.1, 0.15) is 11.7 Å². The molecule has 27 heavy (non-hydrogen) atoms. The number of carbonyl (C=O) groups is 1. The van der Waals surface area contributed by atoms with E-state index in [2.05, 4.69) is 20.2 Å². The van der Waals surface area contributed by atoms with E-state index in [1.807, 2.05) is 35.2 Å². The molecule has 1 amide bonds. The zero-order valence-electron chi connectivity index (χ0n) is 15.0. The van der Waals surface area contributed by atoms with Crippen LogP contribution in [-0.4, -0.2) is 37.5 Å². The van der Waals surface area contributed by atoms with Crippen LogP contribution in [0, 0.1) is 0 Å². The molecule has 4 rings (SSSR count). The van der Waals surface area contributed by atoms with Crippen LogP contribution in [-0.2, 0) is 11.2 Å². The molecule has 1 atom stereocenters. The van der Waals surface area contributed by atoms with Crippen molar-refractivity contribution in [2.24, 2.45) is 0 Å². The fraction of sp³-hybridized carbons (Fsp3) is 0.350. The molecule has 7 nitrogen and oxygen atoms in total. The molecule has 138 valence electrons. The predicted molar refractivity (Wildman–Crippen MR) is 98.4 cm³/mol. The van der Waals surface area contributed by atoms with Gasteiger partial charge in [-0.25, -0.2) is 0 Å². The van der Waals surface area contributed by atoms with Gasteiger partial charge in [-0.1, -0.05) is 6.07 Å². The Bertz CT molecular complexity index is 882. The molecule has 1 saturated heterocycles. The number of nitrogens with zero attached hydrogens (tertiary/aromatic N) is 5. The number of pyridine rings is 2. The minimum atomic E-state index is -0.136. The van der Waals surface area contributed by atoms with E-state index in [1.165, 1.54) is 5.56 Å². The number of rotatable bonds is 6. The summed E-state index contributed by atoms with van der Waals surface area (Å²) in [5.41, 5.74) is 1.84. The van der Waals surface area contributed by atoms with Gasteiger partial charge in [0.2, 0.25) is 11.8 Å². The Hall–Kier alpha value is -3.09. The molecule has 1 unspecified atom stereocenters. The Morgan fingerprint density at radius 3 is 2.85 bits per heavy atom. The molecule has 3 aromatic rings. The highest BCUT2D eigenvalue weighted by atomic mass is 16.4. The second kappa shape index (κ2) is 8.07. The van der Waals surface area contributed by atoms with Crippen LogP contribution in [0.2, 0.25) is 0 Å². The lowest BCUT2D eigenvalue weighted by Crippen LogP contribution is -2.30. The average molecular weight is 363 g/mol. The summed E-state index contributed by atoms with van der Waals surface area (Å²) in [7, 11) is 0. The zero-order chi connectivity index (χ0) is 18.5. The van der Waals surface area contributed by atoms with Gasteiger partial charge in [0.05, 0.1) is 0 Å². The van der Waals surface area contributed by atoms with E-state index >= 15 is 0 Å². The van der Waals surface area contributed by atoms with Gasteiger partial charge in [-0.3, -0.25) is 14.8 Å².